The number of ether oxygens (including phenoxy) is 1. The van der Waals surface area contributed by atoms with Gasteiger partial charge in [0.2, 0.25) is 5.88 Å². The summed E-state index contributed by atoms with van der Waals surface area (Å²) in [4.78, 5) is 14.3. The maximum absolute atomic E-state index is 11.9. The zero-order valence-electron chi connectivity index (χ0n) is 12.6. The number of nitrogens with zero attached hydrogens (tertiary/aromatic N) is 3. The molecule has 1 fully saturated rings. The minimum absolute atomic E-state index is 0.158. The first kappa shape index (κ1) is 14.8. The molecule has 1 aliphatic heterocycles. The van der Waals surface area contributed by atoms with Gasteiger partial charge in [0.1, 0.15) is 6.61 Å². The van der Waals surface area contributed by atoms with Crippen molar-refractivity contribution < 1.29 is 4.74 Å². The molecule has 0 spiro atoms. The third-order valence-corrected chi connectivity index (χ3v) is 3.88. The Morgan fingerprint density at radius 3 is 2.55 bits per heavy atom. The number of para-hydroxylation sites is 1. The zero-order chi connectivity index (χ0) is 15.2. The van der Waals surface area contributed by atoms with Crippen LogP contribution in [0.4, 0.5) is 0 Å². The second kappa shape index (κ2) is 7.22. The number of benzene rings is 1. The summed E-state index contributed by atoms with van der Waals surface area (Å²) in [7, 11) is 0. The highest BCUT2D eigenvalue weighted by Gasteiger charge is 2.10. The molecule has 116 valence electrons. The van der Waals surface area contributed by atoms with Crippen molar-refractivity contribution in [2.75, 3.05) is 26.2 Å². The number of likely N-dealkylation sites (tertiary alicyclic amines) is 1. The molecule has 1 saturated heterocycles. The average molecular weight is 299 g/mol. The van der Waals surface area contributed by atoms with Crippen LogP contribution in [0.3, 0.4) is 0 Å². The maximum atomic E-state index is 11.9. The minimum Gasteiger partial charge on any atom is -0.475 e. The lowest BCUT2D eigenvalue weighted by Crippen LogP contribution is -2.33. The molecule has 0 atom stereocenters. The third kappa shape index (κ3) is 3.74. The smallest absolute Gasteiger partial charge is 0.271 e. The molecule has 0 bridgehead atoms. The molecule has 1 aliphatic rings. The van der Waals surface area contributed by atoms with E-state index >= 15 is 0 Å². The van der Waals surface area contributed by atoms with Crippen molar-refractivity contribution in [1.29, 1.82) is 0 Å². The van der Waals surface area contributed by atoms with E-state index in [9.17, 15) is 4.79 Å². The van der Waals surface area contributed by atoms with Crippen LogP contribution in [0.25, 0.3) is 5.69 Å². The van der Waals surface area contributed by atoms with Crippen LogP contribution in [0.15, 0.2) is 47.3 Å². The van der Waals surface area contributed by atoms with Gasteiger partial charge in [0, 0.05) is 18.7 Å². The molecule has 5 heteroatoms. The number of hydrogen-bond donors (Lipinski definition) is 0. The van der Waals surface area contributed by atoms with Gasteiger partial charge in [-0.2, -0.15) is 4.68 Å². The largest absolute Gasteiger partial charge is 0.475 e. The predicted octanol–water partition coefficient (Wildman–Crippen LogP) is 2.10. The molecular weight excluding hydrogens is 278 g/mol. The van der Waals surface area contributed by atoms with Crippen molar-refractivity contribution in [3.8, 4) is 11.6 Å². The lowest BCUT2D eigenvalue weighted by molar-refractivity contribution is 0.179. The van der Waals surface area contributed by atoms with Crippen molar-refractivity contribution in [2.24, 2.45) is 0 Å². The molecule has 0 saturated carbocycles. The van der Waals surface area contributed by atoms with Gasteiger partial charge in [-0.05, 0) is 38.1 Å². The van der Waals surface area contributed by atoms with Crippen LogP contribution in [0.1, 0.15) is 19.3 Å². The van der Waals surface area contributed by atoms with Crippen LogP contribution in [0.5, 0.6) is 5.88 Å². The lowest BCUT2D eigenvalue weighted by atomic mass is 10.1. The van der Waals surface area contributed by atoms with Gasteiger partial charge in [-0.1, -0.05) is 24.6 Å². The van der Waals surface area contributed by atoms with E-state index in [0.29, 0.717) is 12.5 Å². The first-order valence-electron chi connectivity index (χ1n) is 7.84. The highest BCUT2D eigenvalue weighted by atomic mass is 16.5. The molecule has 2 aromatic rings. The summed E-state index contributed by atoms with van der Waals surface area (Å²) in [6.07, 6.45) is 3.88. The number of rotatable bonds is 5. The molecule has 2 heterocycles. The van der Waals surface area contributed by atoms with E-state index in [0.717, 1.165) is 25.3 Å². The molecule has 0 aliphatic carbocycles. The molecule has 5 nitrogen and oxygen atoms in total. The highest BCUT2D eigenvalue weighted by Crippen LogP contribution is 2.09. The summed E-state index contributed by atoms with van der Waals surface area (Å²) in [5, 5.41) is 4.29. The van der Waals surface area contributed by atoms with Crippen molar-refractivity contribution in [2.45, 2.75) is 19.3 Å². The fourth-order valence-corrected chi connectivity index (χ4v) is 2.69. The van der Waals surface area contributed by atoms with E-state index in [1.807, 2.05) is 30.3 Å². The molecule has 1 aromatic carbocycles. The average Bonchev–Trinajstić information content (AvgIpc) is 2.58. The van der Waals surface area contributed by atoms with Gasteiger partial charge in [-0.25, -0.2) is 0 Å². The Bertz CT molecular complexity index is 648. The van der Waals surface area contributed by atoms with E-state index < -0.39 is 0 Å². The van der Waals surface area contributed by atoms with E-state index in [1.54, 1.807) is 6.07 Å². The normalized spacial score (nSPS) is 15.6. The second-order valence-corrected chi connectivity index (χ2v) is 5.51. The van der Waals surface area contributed by atoms with Gasteiger partial charge >= 0.3 is 0 Å². The molecule has 22 heavy (non-hydrogen) atoms. The van der Waals surface area contributed by atoms with Crippen LogP contribution >= 0.6 is 0 Å². The Morgan fingerprint density at radius 1 is 1.00 bits per heavy atom. The monoisotopic (exact) mass is 299 g/mol. The molecule has 0 amide bonds. The molecular formula is C17H21N3O2. The fourth-order valence-electron chi connectivity index (χ4n) is 2.69. The first-order chi connectivity index (χ1) is 10.8. The molecule has 0 unspecified atom stereocenters. The van der Waals surface area contributed by atoms with Crippen molar-refractivity contribution in [3.05, 3.63) is 52.8 Å². The molecule has 0 radical (unpaired) electrons. The van der Waals surface area contributed by atoms with Crippen molar-refractivity contribution >= 4 is 0 Å². The van der Waals surface area contributed by atoms with E-state index in [2.05, 4.69) is 10.00 Å². The van der Waals surface area contributed by atoms with Gasteiger partial charge in [0.25, 0.3) is 5.56 Å². The zero-order valence-corrected chi connectivity index (χ0v) is 12.6. The third-order valence-electron chi connectivity index (χ3n) is 3.88. The van der Waals surface area contributed by atoms with Gasteiger partial charge in [-0.3, -0.25) is 9.69 Å². The van der Waals surface area contributed by atoms with Crippen LogP contribution in [-0.4, -0.2) is 40.9 Å². The van der Waals surface area contributed by atoms with Crippen molar-refractivity contribution in [3.63, 3.8) is 0 Å². The van der Waals surface area contributed by atoms with Gasteiger partial charge in [-0.15, -0.1) is 5.10 Å². The summed E-state index contributed by atoms with van der Waals surface area (Å²) in [6, 6.07) is 12.5. The Labute approximate surface area is 130 Å². The Kier molecular flexibility index (Phi) is 4.85. The molecule has 1 aromatic heterocycles. The van der Waals surface area contributed by atoms with Gasteiger partial charge in [0.05, 0.1) is 5.69 Å². The molecule has 3 rings (SSSR count). The lowest BCUT2D eigenvalue weighted by Gasteiger charge is -2.26. The van der Waals surface area contributed by atoms with Gasteiger partial charge in [0.15, 0.2) is 0 Å². The summed E-state index contributed by atoms with van der Waals surface area (Å²) in [5.74, 6) is 0.487. The van der Waals surface area contributed by atoms with Crippen LogP contribution in [-0.2, 0) is 0 Å². The summed E-state index contributed by atoms with van der Waals surface area (Å²) < 4.78 is 7.08. The SMILES string of the molecule is O=c1ccc(OCCN2CCCCC2)nn1-c1ccccc1. The van der Waals surface area contributed by atoms with E-state index in [4.69, 9.17) is 4.74 Å². The van der Waals surface area contributed by atoms with Crippen molar-refractivity contribution in [1.82, 2.24) is 14.7 Å². The van der Waals surface area contributed by atoms with Crippen LogP contribution < -0.4 is 10.3 Å². The number of hydrogen-bond acceptors (Lipinski definition) is 4. The Balaban J connectivity index is 1.63. The topological polar surface area (TPSA) is 47.4 Å². The second-order valence-electron chi connectivity index (χ2n) is 5.51. The quantitative estimate of drug-likeness (QED) is 0.848. The summed E-state index contributed by atoms with van der Waals surface area (Å²) in [5.41, 5.74) is 0.587. The highest BCUT2D eigenvalue weighted by molar-refractivity contribution is 5.30. The van der Waals surface area contributed by atoms with Crippen LogP contribution in [0, 0.1) is 0 Å². The fraction of sp³-hybridized carbons (Fsp3) is 0.412. The molecule has 0 N–H and O–H groups in total. The van der Waals surface area contributed by atoms with Gasteiger partial charge < -0.3 is 4.74 Å². The standard InChI is InChI=1S/C17H21N3O2/c21-17-10-9-16(18-20(17)15-7-3-1-4-8-15)22-14-13-19-11-5-2-6-12-19/h1,3-4,7-10H,2,5-6,11-14H2. The predicted molar refractivity (Wildman–Crippen MR) is 85.6 cm³/mol. The summed E-state index contributed by atoms with van der Waals surface area (Å²) in [6.45, 7) is 3.81. The Morgan fingerprint density at radius 2 is 1.77 bits per heavy atom. The number of piperidine rings is 1. The van der Waals surface area contributed by atoms with E-state index in [-0.39, 0.29) is 5.56 Å². The summed E-state index contributed by atoms with van der Waals surface area (Å²) >= 11 is 0. The maximum Gasteiger partial charge on any atom is 0.271 e. The first-order valence-corrected chi connectivity index (χ1v) is 7.84. The Hall–Kier alpha value is -2.14. The minimum atomic E-state index is -0.158. The number of aromatic nitrogens is 2. The van der Waals surface area contributed by atoms with E-state index in [1.165, 1.54) is 30.0 Å². The van der Waals surface area contributed by atoms with Crippen LogP contribution in [0.2, 0.25) is 0 Å².